The lowest BCUT2D eigenvalue weighted by molar-refractivity contribution is -0.133. The molecule has 3 aromatic rings. The maximum absolute atomic E-state index is 13.6. The van der Waals surface area contributed by atoms with Gasteiger partial charge in [-0.2, -0.15) is 5.10 Å². The van der Waals surface area contributed by atoms with Crippen LogP contribution in [0.2, 0.25) is 0 Å². The summed E-state index contributed by atoms with van der Waals surface area (Å²) < 4.78 is 0. The van der Waals surface area contributed by atoms with Crippen LogP contribution in [-0.4, -0.2) is 33.6 Å². The monoisotopic (exact) mass is 388 g/mol. The van der Waals surface area contributed by atoms with Crippen LogP contribution >= 0.6 is 0 Å². The van der Waals surface area contributed by atoms with Crippen molar-refractivity contribution in [3.05, 3.63) is 88.2 Å². The zero-order chi connectivity index (χ0) is 20.4. The normalized spacial score (nSPS) is 14.8. The smallest absolute Gasteiger partial charge is 0.241 e. The summed E-state index contributed by atoms with van der Waals surface area (Å²) in [5, 5.41) is 10.5. The molecule has 1 heterocycles. The van der Waals surface area contributed by atoms with Crippen molar-refractivity contribution in [3.8, 4) is 0 Å². The van der Waals surface area contributed by atoms with Crippen LogP contribution in [-0.2, 0) is 30.7 Å². The minimum absolute atomic E-state index is 0.0760. The number of fused-ring (bicyclic) bond motifs is 1. The molecule has 1 amide bonds. The highest BCUT2D eigenvalue weighted by Gasteiger charge is 2.46. The molecular weight excluding hydrogens is 360 g/mol. The minimum atomic E-state index is -0.592. The Bertz CT molecular complexity index is 964. The first-order chi connectivity index (χ1) is 14.0. The van der Waals surface area contributed by atoms with Crippen molar-refractivity contribution in [1.29, 1.82) is 0 Å². The Balaban J connectivity index is 1.59. The molecule has 0 saturated heterocycles. The maximum Gasteiger partial charge on any atom is 0.241 e. The van der Waals surface area contributed by atoms with Gasteiger partial charge in [0.15, 0.2) is 0 Å². The number of amides is 1. The highest BCUT2D eigenvalue weighted by molar-refractivity contribution is 5.88. The molecule has 0 aliphatic heterocycles. The maximum atomic E-state index is 13.6. The number of nitrogens with zero attached hydrogens (tertiary/aromatic N) is 2. The molecule has 0 saturated carbocycles. The van der Waals surface area contributed by atoms with E-state index in [1.54, 1.807) is 0 Å². The molecule has 29 heavy (non-hydrogen) atoms. The van der Waals surface area contributed by atoms with Gasteiger partial charge in [0, 0.05) is 37.2 Å². The third-order valence-electron chi connectivity index (χ3n) is 6.21. The van der Waals surface area contributed by atoms with Gasteiger partial charge in [0.05, 0.1) is 5.69 Å². The van der Waals surface area contributed by atoms with Crippen molar-refractivity contribution >= 4 is 5.91 Å². The molecule has 0 bridgehead atoms. The standard InChI is InChI=1S/C24H28N4O/c1-17-22(18(2)27-26-17)15-25-23(29)24(13-20-11-7-8-12-21(20)14-24)28(3)16-19-9-5-4-6-10-19/h4-12H,13-16H2,1-3H3,(H,25,29)(H,26,27). The molecular formula is C24H28N4O. The van der Waals surface area contributed by atoms with Crippen LogP contribution in [0.3, 0.4) is 0 Å². The van der Waals surface area contributed by atoms with Crippen LogP contribution in [0.15, 0.2) is 54.6 Å². The number of aromatic nitrogens is 2. The molecule has 150 valence electrons. The lowest BCUT2D eigenvalue weighted by atomic mass is 9.91. The van der Waals surface area contributed by atoms with E-state index in [1.807, 2.05) is 32.0 Å². The number of hydrogen-bond acceptors (Lipinski definition) is 3. The molecule has 1 aliphatic carbocycles. The van der Waals surface area contributed by atoms with Gasteiger partial charge in [-0.05, 0) is 37.6 Å². The Hall–Kier alpha value is -2.92. The topological polar surface area (TPSA) is 61.0 Å². The van der Waals surface area contributed by atoms with Crippen LogP contribution < -0.4 is 5.32 Å². The lowest BCUT2D eigenvalue weighted by Gasteiger charge is -2.37. The number of rotatable bonds is 6. The molecule has 4 rings (SSSR count). The van der Waals surface area contributed by atoms with Gasteiger partial charge < -0.3 is 5.32 Å². The summed E-state index contributed by atoms with van der Waals surface area (Å²) in [7, 11) is 2.06. The summed E-state index contributed by atoms with van der Waals surface area (Å²) >= 11 is 0. The van der Waals surface area contributed by atoms with Gasteiger partial charge in [-0.1, -0.05) is 54.6 Å². The molecule has 1 aliphatic rings. The van der Waals surface area contributed by atoms with Crippen LogP contribution in [0.25, 0.3) is 0 Å². The highest BCUT2D eigenvalue weighted by Crippen LogP contribution is 2.35. The fourth-order valence-electron chi connectivity index (χ4n) is 4.38. The second-order valence-corrected chi connectivity index (χ2v) is 8.09. The molecule has 0 spiro atoms. The number of hydrogen-bond donors (Lipinski definition) is 2. The van der Waals surface area contributed by atoms with E-state index < -0.39 is 5.54 Å². The first-order valence-electron chi connectivity index (χ1n) is 10.1. The average molecular weight is 389 g/mol. The van der Waals surface area contributed by atoms with Gasteiger partial charge in [-0.3, -0.25) is 14.8 Å². The van der Waals surface area contributed by atoms with Crippen LogP contribution in [0, 0.1) is 13.8 Å². The van der Waals surface area contributed by atoms with E-state index in [0.29, 0.717) is 6.54 Å². The molecule has 1 aromatic heterocycles. The number of nitrogens with one attached hydrogen (secondary N) is 2. The van der Waals surface area contributed by atoms with Gasteiger partial charge in [-0.15, -0.1) is 0 Å². The Morgan fingerprint density at radius 3 is 2.28 bits per heavy atom. The third kappa shape index (κ3) is 3.70. The fourth-order valence-corrected chi connectivity index (χ4v) is 4.38. The SMILES string of the molecule is Cc1n[nH]c(C)c1CNC(=O)C1(N(C)Cc2ccccc2)Cc2ccccc2C1. The van der Waals surface area contributed by atoms with E-state index in [-0.39, 0.29) is 5.91 Å². The van der Waals surface area contributed by atoms with Gasteiger partial charge in [-0.25, -0.2) is 0 Å². The largest absolute Gasteiger partial charge is 0.350 e. The van der Waals surface area contributed by atoms with Gasteiger partial charge >= 0.3 is 0 Å². The Morgan fingerprint density at radius 1 is 1.07 bits per heavy atom. The van der Waals surface area contributed by atoms with E-state index in [4.69, 9.17) is 0 Å². The fraction of sp³-hybridized carbons (Fsp3) is 0.333. The van der Waals surface area contributed by atoms with Crippen molar-refractivity contribution in [3.63, 3.8) is 0 Å². The van der Waals surface area contributed by atoms with Crippen molar-refractivity contribution in [1.82, 2.24) is 20.4 Å². The van der Waals surface area contributed by atoms with Crippen molar-refractivity contribution in [2.75, 3.05) is 7.05 Å². The minimum Gasteiger partial charge on any atom is -0.350 e. The summed E-state index contributed by atoms with van der Waals surface area (Å²) in [5.41, 5.74) is 6.14. The number of benzene rings is 2. The summed E-state index contributed by atoms with van der Waals surface area (Å²) in [6.45, 7) is 5.17. The van der Waals surface area contributed by atoms with E-state index >= 15 is 0 Å². The average Bonchev–Trinajstić information content (AvgIpc) is 3.28. The number of H-pyrrole nitrogens is 1. The molecule has 2 N–H and O–H groups in total. The quantitative estimate of drug-likeness (QED) is 0.681. The Labute approximate surface area is 172 Å². The van der Waals surface area contributed by atoms with Crippen molar-refractivity contribution in [2.24, 2.45) is 0 Å². The first kappa shape index (κ1) is 19.4. The summed E-state index contributed by atoms with van der Waals surface area (Å²) in [6.07, 6.45) is 1.45. The van der Waals surface area contributed by atoms with Gasteiger partial charge in [0.1, 0.15) is 5.54 Å². The second-order valence-electron chi connectivity index (χ2n) is 8.09. The van der Waals surface area contributed by atoms with Gasteiger partial charge in [0.2, 0.25) is 5.91 Å². The Morgan fingerprint density at radius 2 is 1.69 bits per heavy atom. The molecule has 2 aromatic carbocycles. The van der Waals surface area contributed by atoms with Crippen LogP contribution in [0.5, 0.6) is 0 Å². The number of carbonyl (C=O) groups is 1. The number of carbonyl (C=O) groups excluding carboxylic acids is 1. The molecule has 0 fully saturated rings. The predicted octanol–water partition coefficient (Wildman–Crippen LogP) is 3.31. The summed E-state index contributed by atoms with van der Waals surface area (Å²) in [4.78, 5) is 15.8. The number of aryl methyl sites for hydroxylation is 2. The molecule has 0 radical (unpaired) electrons. The summed E-state index contributed by atoms with van der Waals surface area (Å²) in [5.74, 6) is 0.0760. The number of likely N-dealkylation sites (N-methyl/N-ethyl adjacent to an activating group) is 1. The second kappa shape index (κ2) is 7.84. The highest BCUT2D eigenvalue weighted by atomic mass is 16.2. The van der Waals surface area contributed by atoms with Crippen LogP contribution in [0.4, 0.5) is 0 Å². The van der Waals surface area contributed by atoms with Crippen molar-refractivity contribution in [2.45, 2.75) is 45.3 Å². The lowest BCUT2D eigenvalue weighted by Crippen LogP contribution is -2.58. The summed E-state index contributed by atoms with van der Waals surface area (Å²) in [6, 6.07) is 18.7. The van der Waals surface area contributed by atoms with Gasteiger partial charge in [0.25, 0.3) is 0 Å². The van der Waals surface area contributed by atoms with Crippen LogP contribution in [0.1, 0.15) is 33.6 Å². The van der Waals surface area contributed by atoms with E-state index in [9.17, 15) is 4.79 Å². The Kier molecular flexibility index (Phi) is 5.24. The van der Waals surface area contributed by atoms with E-state index in [2.05, 4.69) is 63.9 Å². The van der Waals surface area contributed by atoms with E-state index in [1.165, 1.54) is 16.7 Å². The van der Waals surface area contributed by atoms with E-state index in [0.717, 1.165) is 36.3 Å². The molecule has 0 unspecified atom stereocenters. The third-order valence-corrected chi connectivity index (χ3v) is 6.21. The zero-order valence-corrected chi connectivity index (χ0v) is 17.3. The first-order valence-corrected chi connectivity index (χ1v) is 10.1. The zero-order valence-electron chi connectivity index (χ0n) is 17.3. The predicted molar refractivity (Wildman–Crippen MR) is 114 cm³/mol. The molecule has 0 atom stereocenters. The van der Waals surface area contributed by atoms with Crippen molar-refractivity contribution < 1.29 is 4.79 Å². The molecule has 5 nitrogen and oxygen atoms in total. The number of aromatic amines is 1. The molecule has 5 heteroatoms.